The first-order chi connectivity index (χ1) is 11.7. The predicted octanol–water partition coefficient (Wildman–Crippen LogP) is 6.59. The lowest BCUT2D eigenvalue weighted by Crippen LogP contribution is -2.49. The molecule has 4 rings (SSSR count). The maximum Gasteiger partial charge on any atom is 0.0689 e. The third-order valence-corrected chi connectivity index (χ3v) is 9.27. The van der Waals surface area contributed by atoms with Crippen molar-refractivity contribution in [3.05, 3.63) is 0 Å². The molecule has 0 amide bonds. The Labute approximate surface area is 149 Å². The van der Waals surface area contributed by atoms with Crippen LogP contribution in [0.5, 0.6) is 0 Å². The molecule has 4 fully saturated rings. The van der Waals surface area contributed by atoms with Gasteiger partial charge in [-0.3, -0.25) is 0 Å². The lowest BCUT2D eigenvalue weighted by atomic mass is 9.48. The van der Waals surface area contributed by atoms with Crippen molar-refractivity contribution in [2.45, 2.75) is 90.9 Å². The summed E-state index contributed by atoms with van der Waals surface area (Å²) in [5.74, 6) is 7.10. The first kappa shape index (κ1) is 16.9. The van der Waals surface area contributed by atoms with E-state index >= 15 is 0 Å². The zero-order valence-corrected chi connectivity index (χ0v) is 16.0. The number of nitrogens with zero attached hydrogens (tertiary/aromatic N) is 1. The van der Waals surface area contributed by atoms with E-state index in [2.05, 4.69) is 19.9 Å². The minimum Gasteiger partial charge on any atom is -0.198 e. The first-order valence-electron chi connectivity index (χ1n) is 11.1. The number of hydrogen-bond donors (Lipinski definition) is 0. The SMILES string of the molecule is CC[C@@H]1CCCC2C3CCC4C[C@@](C#N)(CC)CCC4C3CCC21. The molecule has 0 heterocycles. The molecule has 0 aromatic carbocycles. The summed E-state index contributed by atoms with van der Waals surface area (Å²) in [7, 11) is 0. The Morgan fingerprint density at radius 1 is 0.833 bits per heavy atom. The number of fused-ring (bicyclic) bond motifs is 5. The average Bonchev–Trinajstić information content (AvgIpc) is 2.66. The predicted molar refractivity (Wildman–Crippen MR) is 99.2 cm³/mol. The van der Waals surface area contributed by atoms with Gasteiger partial charge in [0, 0.05) is 0 Å². The van der Waals surface area contributed by atoms with Crippen LogP contribution in [0.2, 0.25) is 0 Å². The van der Waals surface area contributed by atoms with Gasteiger partial charge in [0.05, 0.1) is 11.5 Å². The van der Waals surface area contributed by atoms with Gasteiger partial charge in [0.15, 0.2) is 0 Å². The minimum atomic E-state index is 0.0311. The maximum atomic E-state index is 9.72. The smallest absolute Gasteiger partial charge is 0.0689 e. The van der Waals surface area contributed by atoms with E-state index in [1.165, 1.54) is 70.6 Å². The molecule has 4 aliphatic rings. The maximum absolute atomic E-state index is 9.72. The molecule has 0 N–H and O–H groups in total. The fourth-order valence-corrected chi connectivity index (χ4v) is 7.98. The zero-order chi connectivity index (χ0) is 16.7. The van der Waals surface area contributed by atoms with Crippen LogP contribution in [0.15, 0.2) is 0 Å². The van der Waals surface area contributed by atoms with Crippen molar-refractivity contribution in [1.29, 1.82) is 5.26 Å². The molecule has 0 spiro atoms. The molecule has 134 valence electrons. The number of hydrogen-bond acceptors (Lipinski definition) is 1. The molecule has 0 aromatic rings. The van der Waals surface area contributed by atoms with Crippen LogP contribution < -0.4 is 0 Å². The van der Waals surface area contributed by atoms with Crippen molar-refractivity contribution in [2.75, 3.05) is 0 Å². The highest BCUT2D eigenvalue weighted by Crippen LogP contribution is 2.60. The molecule has 1 nitrogen and oxygen atoms in total. The molecular weight excluding hydrogens is 290 g/mol. The van der Waals surface area contributed by atoms with Gasteiger partial charge >= 0.3 is 0 Å². The monoisotopic (exact) mass is 327 g/mol. The van der Waals surface area contributed by atoms with E-state index in [9.17, 15) is 5.26 Å². The summed E-state index contributed by atoms with van der Waals surface area (Å²) in [4.78, 5) is 0. The highest BCUT2D eigenvalue weighted by molar-refractivity contribution is 5.07. The van der Waals surface area contributed by atoms with Crippen LogP contribution in [0.4, 0.5) is 0 Å². The zero-order valence-electron chi connectivity index (χ0n) is 16.0. The molecule has 0 aromatic heterocycles. The summed E-state index contributed by atoms with van der Waals surface area (Å²) >= 11 is 0. The Hall–Kier alpha value is -0.510. The van der Waals surface area contributed by atoms with Crippen molar-refractivity contribution in [3.63, 3.8) is 0 Å². The van der Waals surface area contributed by atoms with Crippen LogP contribution in [0, 0.1) is 58.2 Å². The summed E-state index contributed by atoms with van der Waals surface area (Å²) in [5.41, 5.74) is 0.0311. The van der Waals surface area contributed by atoms with Crippen molar-refractivity contribution in [3.8, 4) is 6.07 Å². The molecule has 0 bridgehead atoms. The second-order valence-corrected chi connectivity index (χ2v) is 9.82. The fourth-order valence-electron chi connectivity index (χ4n) is 7.98. The van der Waals surface area contributed by atoms with Gasteiger partial charge in [-0.1, -0.05) is 33.1 Å². The van der Waals surface area contributed by atoms with Crippen LogP contribution >= 0.6 is 0 Å². The van der Waals surface area contributed by atoms with Gasteiger partial charge in [0.1, 0.15) is 0 Å². The average molecular weight is 328 g/mol. The van der Waals surface area contributed by atoms with E-state index in [-0.39, 0.29) is 5.41 Å². The molecule has 0 radical (unpaired) electrons. The summed E-state index contributed by atoms with van der Waals surface area (Å²) in [5, 5.41) is 9.72. The van der Waals surface area contributed by atoms with Crippen LogP contribution in [0.1, 0.15) is 90.9 Å². The van der Waals surface area contributed by atoms with E-state index in [4.69, 9.17) is 0 Å². The second kappa shape index (κ2) is 6.66. The molecule has 1 heteroatoms. The summed E-state index contributed by atoms with van der Waals surface area (Å²) in [6.07, 6.45) is 16.8. The lowest BCUT2D eigenvalue weighted by Gasteiger charge is -2.57. The quantitative estimate of drug-likeness (QED) is 0.561. The standard InChI is InChI=1S/C23H37N/c1-3-16-6-5-7-20-18(16)10-11-21-19-12-13-23(4-2,15-24)14-17(19)8-9-22(20)21/h16-22H,3-14H2,1-2H3/t16-,17?,18?,19?,20?,21?,22?,23-/m1/s1. The van der Waals surface area contributed by atoms with E-state index in [0.717, 1.165) is 47.8 Å². The van der Waals surface area contributed by atoms with Gasteiger partial charge in [-0.2, -0.15) is 5.26 Å². The highest BCUT2D eigenvalue weighted by atomic mass is 14.6. The third-order valence-electron chi connectivity index (χ3n) is 9.27. The normalized spacial score (nSPS) is 51.0. The Morgan fingerprint density at radius 2 is 1.54 bits per heavy atom. The Morgan fingerprint density at radius 3 is 2.29 bits per heavy atom. The van der Waals surface area contributed by atoms with E-state index in [0.29, 0.717) is 0 Å². The molecule has 0 aliphatic heterocycles. The molecule has 24 heavy (non-hydrogen) atoms. The van der Waals surface area contributed by atoms with Gasteiger partial charge in [-0.15, -0.1) is 0 Å². The number of nitriles is 1. The van der Waals surface area contributed by atoms with Crippen molar-refractivity contribution in [2.24, 2.45) is 46.8 Å². The Bertz CT molecular complexity index is 491. The van der Waals surface area contributed by atoms with Crippen molar-refractivity contribution in [1.82, 2.24) is 0 Å². The molecule has 4 saturated carbocycles. The van der Waals surface area contributed by atoms with Crippen LogP contribution in [-0.2, 0) is 0 Å². The van der Waals surface area contributed by atoms with Gasteiger partial charge in [-0.05, 0) is 99.2 Å². The summed E-state index contributed by atoms with van der Waals surface area (Å²) < 4.78 is 0. The lowest BCUT2D eigenvalue weighted by molar-refractivity contribution is -0.0705. The van der Waals surface area contributed by atoms with Crippen LogP contribution in [-0.4, -0.2) is 0 Å². The van der Waals surface area contributed by atoms with Crippen molar-refractivity contribution < 1.29 is 0 Å². The Balaban J connectivity index is 1.50. The third kappa shape index (κ3) is 2.64. The van der Waals surface area contributed by atoms with E-state index < -0.39 is 0 Å². The van der Waals surface area contributed by atoms with Gasteiger partial charge in [0.25, 0.3) is 0 Å². The van der Waals surface area contributed by atoms with Gasteiger partial charge in [0.2, 0.25) is 0 Å². The first-order valence-corrected chi connectivity index (χ1v) is 11.1. The van der Waals surface area contributed by atoms with Gasteiger partial charge < -0.3 is 0 Å². The molecule has 4 aliphatic carbocycles. The fraction of sp³-hybridized carbons (Fsp3) is 0.957. The number of rotatable bonds is 2. The van der Waals surface area contributed by atoms with Crippen molar-refractivity contribution >= 4 is 0 Å². The molecule has 0 saturated heterocycles. The molecule has 8 atom stereocenters. The Kier molecular flexibility index (Phi) is 4.70. The molecule has 6 unspecified atom stereocenters. The summed E-state index contributed by atoms with van der Waals surface area (Å²) in [6.45, 7) is 4.68. The van der Waals surface area contributed by atoms with Gasteiger partial charge in [-0.25, -0.2) is 0 Å². The topological polar surface area (TPSA) is 23.8 Å². The van der Waals surface area contributed by atoms with Crippen LogP contribution in [0.25, 0.3) is 0 Å². The largest absolute Gasteiger partial charge is 0.198 e. The summed E-state index contributed by atoms with van der Waals surface area (Å²) in [6, 6.07) is 2.73. The van der Waals surface area contributed by atoms with E-state index in [1.54, 1.807) is 0 Å². The second-order valence-electron chi connectivity index (χ2n) is 9.82. The molecular formula is C23H37N. The van der Waals surface area contributed by atoms with Crippen LogP contribution in [0.3, 0.4) is 0 Å². The highest BCUT2D eigenvalue weighted by Gasteiger charge is 2.52. The minimum absolute atomic E-state index is 0.0311. The van der Waals surface area contributed by atoms with E-state index in [1.807, 2.05) is 0 Å².